The van der Waals surface area contributed by atoms with E-state index in [1.165, 1.54) is 12.8 Å². The second kappa shape index (κ2) is 6.21. The van der Waals surface area contributed by atoms with Gasteiger partial charge in [0, 0.05) is 17.6 Å². The molecule has 1 aromatic carbocycles. The molecule has 1 aliphatic rings. The molecule has 1 atom stereocenters. The van der Waals surface area contributed by atoms with Gasteiger partial charge in [-0.1, -0.05) is 15.9 Å². The van der Waals surface area contributed by atoms with E-state index in [0.29, 0.717) is 5.92 Å². The van der Waals surface area contributed by atoms with Crippen LogP contribution in [0.1, 0.15) is 18.4 Å². The van der Waals surface area contributed by atoms with Gasteiger partial charge >= 0.3 is 0 Å². The molecule has 1 fully saturated rings. The summed E-state index contributed by atoms with van der Waals surface area (Å²) < 4.78 is 0.964. The molecule has 0 saturated carbocycles. The third-order valence-corrected chi connectivity index (χ3v) is 3.92. The molecule has 1 N–H and O–H groups in total. The minimum Gasteiger partial charge on any atom is -0.370 e. The molecular weight excluding hydrogens is 290 g/mol. The SMILES string of the molecule is CNCC1CCCN(c2ccc(Br)cc2C#N)C1. The van der Waals surface area contributed by atoms with Gasteiger partial charge in [-0.25, -0.2) is 0 Å². The molecule has 0 spiro atoms. The van der Waals surface area contributed by atoms with E-state index in [0.717, 1.165) is 35.4 Å². The molecule has 1 saturated heterocycles. The topological polar surface area (TPSA) is 39.1 Å². The summed E-state index contributed by atoms with van der Waals surface area (Å²) in [5.41, 5.74) is 1.83. The summed E-state index contributed by atoms with van der Waals surface area (Å²) >= 11 is 3.42. The van der Waals surface area contributed by atoms with E-state index in [9.17, 15) is 5.26 Å². The van der Waals surface area contributed by atoms with E-state index in [1.807, 2.05) is 25.2 Å². The van der Waals surface area contributed by atoms with Gasteiger partial charge in [-0.3, -0.25) is 0 Å². The number of nitriles is 1. The van der Waals surface area contributed by atoms with E-state index < -0.39 is 0 Å². The van der Waals surface area contributed by atoms with Crippen molar-refractivity contribution in [2.75, 3.05) is 31.6 Å². The van der Waals surface area contributed by atoms with E-state index in [1.54, 1.807) is 0 Å². The van der Waals surface area contributed by atoms with Gasteiger partial charge in [0.2, 0.25) is 0 Å². The Balaban J connectivity index is 2.18. The molecule has 2 rings (SSSR count). The van der Waals surface area contributed by atoms with Gasteiger partial charge in [0.15, 0.2) is 0 Å². The number of hydrogen-bond donors (Lipinski definition) is 1. The molecule has 1 aromatic rings. The second-order valence-corrected chi connectivity index (χ2v) is 5.70. The Morgan fingerprint density at radius 2 is 2.39 bits per heavy atom. The zero-order valence-electron chi connectivity index (χ0n) is 10.6. The average molecular weight is 308 g/mol. The van der Waals surface area contributed by atoms with Crippen LogP contribution in [0, 0.1) is 17.2 Å². The highest BCUT2D eigenvalue weighted by Crippen LogP contribution is 2.28. The predicted molar refractivity (Wildman–Crippen MR) is 77.7 cm³/mol. The number of nitrogens with zero attached hydrogens (tertiary/aromatic N) is 2. The van der Waals surface area contributed by atoms with Crippen molar-refractivity contribution in [3.63, 3.8) is 0 Å². The zero-order valence-corrected chi connectivity index (χ0v) is 12.2. The first-order valence-corrected chi connectivity index (χ1v) is 7.13. The number of benzene rings is 1. The van der Waals surface area contributed by atoms with Crippen LogP contribution in [0.25, 0.3) is 0 Å². The maximum Gasteiger partial charge on any atom is 0.101 e. The fourth-order valence-electron chi connectivity index (χ4n) is 2.61. The van der Waals surface area contributed by atoms with Crippen LogP contribution in [0.2, 0.25) is 0 Å². The van der Waals surface area contributed by atoms with Gasteiger partial charge in [0.1, 0.15) is 6.07 Å². The van der Waals surface area contributed by atoms with Gasteiger partial charge in [0.25, 0.3) is 0 Å². The molecule has 0 aromatic heterocycles. The van der Waals surface area contributed by atoms with Crippen molar-refractivity contribution in [2.45, 2.75) is 12.8 Å². The summed E-state index contributed by atoms with van der Waals surface area (Å²) in [6.07, 6.45) is 2.48. The van der Waals surface area contributed by atoms with Crippen molar-refractivity contribution in [1.82, 2.24) is 5.32 Å². The number of halogens is 1. The summed E-state index contributed by atoms with van der Waals surface area (Å²) in [6.45, 7) is 3.14. The second-order valence-electron chi connectivity index (χ2n) is 4.79. The Morgan fingerprint density at radius 1 is 1.56 bits per heavy atom. The molecule has 18 heavy (non-hydrogen) atoms. The van der Waals surface area contributed by atoms with Gasteiger partial charge in [-0.2, -0.15) is 5.26 Å². The lowest BCUT2D eigenvalue weighted by atomic mass is 9.97. The lowest BCUT2D eigenvalue weighted by Gasteiger charge is -2.34. The smallest absolute Gasteiger partial charge is 0.101 e. The number of nitrogens with one attached hydrogen (secondary N) is 1. The van der Waals surface area contributed by atoms with Crippen LogP contribution in [0.4, 0.5) is 5.69 Å². The standard InChI is InChI=1S/C14H18BrN3/c1-17-9-11-3-2-6-18(10-11)14-5-4-13(15)7-12(14)8-16/h4-5,7,11,17H,2-3,6,9-10H2,1H3. The highest BCUT2D eigenvalue weighted by Gasteiger charge is 2.21. The zero-order chi connectivity index (χ0) is 13.0. The molecular formula is C14H18BrN3. The Hall–Kier alpha value is -1.05. The van der Waals surface area contributed by atoms with Crippen LogP contribution < -0.4 is 10.2 Å². The molecule has 3 nitrogen and oxygen atoms in total. The quantitative estimate of drug-likeness (QED) is 0.933. The molecule has 0 radical (unpaired) electrons. The van der Waals surface area contributed by atoms with E-state index >= 15 is 0 Å². The van der Waals surface area contributed by atoms with Crippen molar-refractivity contribution in [1.29, 1.82) is 5.26 Å². The maximum atomic E-state index is 9.23. The van der Waals surface area contributed by atoms with Crippen LogP contribution >= 0.6 is 15.9 Å². The minimum atomic E-state index is 0.680. The first kappa shape index (κ1) is 13.4. The highest BCUT2D eigenvalue weighted by molar-refractivity contribution is 9.10. The monoisotopic (exact) mass is 307 g/mol. The molecule has 0 aliphatic carbocycles. The van der Waals surface area contributed by atoms with Crippen molar-refractivity contribution >= 4 is 21.6 Å². The normalized spacial score (nSPS) is 19.6. The molecule has 1 aliphatic heterocycles. The van der Waals surface area contributed by atoms with Gasteiger partial charge < -0.3 is 10.2 Å². The van der Waals surface area contributed by atoms with E-state index in [-0.39, 0.29) is 0 Å². The predicted octanol–water partition coefficient (Wildman–Crippen LogP) is 2.76. The number of hydrogen-bond acceptors (Lipinski definition) is 3. The Morgan fingerprint density at radius 3 is 3.11 bits per heavy atom. The Bertz CT molecular complexity index is 451. The summed E-state index contributed by atoms with van der Waals surface area (Å²) in [5.74, 6) is 0.680. The third-order valence-electron chi connectivity index (χ3n) is 3.43. The van der Waals surface area contributed by atoms with E-state index in [4.69, 9.17) is 0 Å². The van der Waals surface area contributed by atoms with Crippen LogP contribution in [0.5, 0.6) is 0 Å². The Labute approximate surface area is 117 Å². The lowest BCUT2D eigenvalue weighted by molar-refractivity contribution is 0.402. The van der Waals surface area contributed by atoms with Gasteiger partial charge in [0.05, 0.1) is 11.3 Å². The summed E-state index contributed by atoms with van der Waals surface area (Å²) in [6, 6.07) is 8.25. The van der Waals surface area contributed by atoms with Crippen LogP contribution in [0.15, 0.2) is 22.7 Å². The van der Waals surface area contributed by atoms with Gasteiger partial charge in [-0.05, 0) is 50.6 Å². The molecule has 4 heteroatoms. The molecule has 0 amide bonds. The van der Waals surface area contributed by atoms with Crippen LogP contribution in [0.3, 0.4) is 0 Å². The maximum absolute atomic E-state index is 9.23. The summed E-state index contributed by atoms with van der Waals surface area (Å²) in [7, 11) is 2.00. The average Bonchev–Trinajstić information content (AvgIpc) is 2.39. The minimum absolute atomic E-state index is 0.680. The fraction of sp³-hybridized carbons (Fsp3) is 0.500. The summed E-state index contributed by atoms with van der Waals surface area (Å²) in [5, 5.41) is 12.5. The largest absolute Gasteiger partial charge is 0.370 e. The van der Waals surface area contributed by atoms with Crippen molar-refractivity contribution in [2.24, 2.45) is 5.92 Å². The molecule has 96 valence electrons. The molecule has 1 unspecified atom stereocenters. The van der Waals surface area contributed by atoms with E-state index in [2.05, 4.69) is 32.2 Å². The van der Waals surface area contributed by atoms with Crippen LogP contribution in [-0.4, -0.2) is 26.7 Å². The first-order chi connectivity index (χ1) is 8.74. The van der Waals surface area contributed by atoms with Crippen molar-refractivity contribution in [3.8, 4) is 6.07 Å². The number of piperidine rings is 1. The van der Waals surface area contributed by atoms with Gasteiger partial charge in [-0.15, -0.1) is 0 Å². The first-order valence-electron chi connectivity index (χ1n) is 6.33. The highest BCUT2D eigenvalue weighted by atomic mass is 79.9. The van der Waals surface area contributed by atoms with Crippen LogP contribution in [-0.2, 0) is 0 Å². The molecule has 1 heterocycles. The Kier molecular flexibility index (Phi) is 4.62. The number of anilines is 1. The number of rotatable bonds is 3. The van der Waals surface area contributed by atoms with Crippen molar-refractivity contribution in [3.05, 3.63) is 28.2 Å². The summed E-state index contributed by atoms with van der Waals surface area (Å²) in [4.78, 5) is 2.34. The third kappa shape index (κ3) is 3.04. The molecule has 0 bridgehead atoms. The fourth-order valence-corrected chi connectivity index (χ4v) is 2.97. The van der Waals surface area contributed by atoms with Crippen molar-refractivity contribution < 1.29 is 0 Å². The lowest BCUT2D eigenvalue weighted by Crippen LogP contribution is -2.39.